The number of rotatable bonds is 4. The topological polar surface area (TPSA) is 104 Å². The number of amides is 5. The van der Waals surface area contributed by atoms with Crippen molar-refractivity contribution < 1.29 is 19.2 Å². The van der Waals surface area contributed by atoms with Gasteiger partial charge in [0.1, 0.15) is 6.04 Å². The summed E-state index contributed by atoms with van der Waals surface area (Å²) in [5, 5.41) is 0. The number of imide groups is 1. The number of fused-ring (bicyclic) bond motifs is 1. The quantitative estimate of drug-likeness (QED) is 0.794. The van der Waals surface area contributed by atoms with Crippen LogP contribution in [0, 0.1) is 0 Å². The van der Waals surface area contributed by atoms with E-state index in [1.807, 2.05) is 30.3 Å². The molecule has 0 spiro atoms. The van der Waals surface area contributed by atoms with E-state index in [4.69, 9.17) is 5.73 Å². The lowest BCUT2D eigenvalue weighted by molar-refractivity contribution is -0.134. The average Bonchev–Trinajstić information content (AvgIpc) is 2.86. The van der Waals surface area contributed by atoms with E-state index < -0.39 is 29.4 Å². The maximum Gasteiger partial charge on any atom is 0.327 e. The van der Waals surface area contributed by atoms with Crippen molar-refractivity contribution in [2.45, 2.75) is 25.3 Å². The molecule has 0 bridgehead atoms. The third-order valence-corrected chi connectivity index (χ3v) is 5.21. The largest absolute Gasteiger partial charge is 0.351 e. The average molecular weight is 358 g/mol. The van der Waals surface area contributed by atoms with Crippen LogP contribution in [0.15, 0.2) is 30.3 Å². The van der Waals surface area contributed by atoms with E-state index in [9.17, 15) is 19.2 Å². The normalized spacial score (nSPS) is 20.4. The Morgan fingerprint density at radius 3 is 2.42 bits per heavy atom. The van der Waals surface area contributed by atoms with Gasteiger partial charge in [0.25, 0.3) is 5.91 Å². The maximum absolute atomic E-state index is 12.8. The first kappa shape index (κ1) is 17.9. The van der Waals surface area contributed by atoms with Crippen molar-refractivity contribution in [1.29, 1.82) is 0 Å². The van der Waals surface area contributed by atoms with Crippen molar-refractivity contribution in [2.24, 2.45) is 5.73 Å². The smallest absolute Gasteiger partial charge is 0.327 e. The molecule has 26 heavy (non-hydrogen) atoms. The fourth-order valence-electron chi connectivity index (χ4n) is 3.36. The second-order valence-electron chi connectivity index (χ2n) is 7.11. The zero-order valence-electron chi connectivity index (χ0n) is 14.8. The molecule has 3 rings (SSSR count). The van der Waals surface area contributed by atoms with Gasteiger partial charge in [-0.2, -0.15) is 0 Å². The highest BCUT2D eigenvalue weighted by Gasteiger charge is 2.49. The molecule has 138 valence electrons. The molecule has 1 aromatic rings. The van der Waals surface area contributed by atoms with Crippen LogP contribution in [0.25, 0.3) is 0 Å². The molecule has 0 aromatic heterocycles. The molecule has 0 radical (unpaired) electrons. The monoisotopic (exact) mass is 358 g/mol. The lowest BCUT2D eigenvalue weighted by atomic mass is 9.80. The lowest BCUT2D eigenvalue weighted by Gasteiger charge is -2.34. The van der Waals surface area contributed by atoms with Crippen molar-refractivity contribution in [2.75, 3.05) is 26.2 Å². The van der Waals surface area contributed by atoms with Crippen molar-refractivity contribution in [3.05, 3.63) is 35.9 Å². The van der Waals surface area contributed by atoms with Gasteiger partial charge in [-0.3, -0.25) is 14.5 Å². The number of hydrogen-bond donors (Lipinski definition) is 1. The van der Waals surface area contributed by atoms with Crippen molar-refractivity contribution in [3.8, 4) is 0 Å². The summed E-state index contributed by atoms with van der Waals surface area (Å²) in [7, 11) is 0. The zero-order valence-corrected chi connectivity index (χ0v) is 14.8. The summed E-state index contributed by atoms with van der Waals surface area (Å²) in [6, 6.07) is 7.37. The van der Waals surface area contributed by atoms with Gasteiger partial charge in [0.05, 0.1) is 18.5 Å². The Kier molecular flexibility index (Phi) is 4.43. The molecule has 8 nitrogen and oxygen atoms in total. The van der Waals surface area contributed by atoms with Crippen molar-refractivity contribution in [1.82, 2.24) is 14.7 Å². The highest BCUT2D eigenvalue weighted by atomic mass is 16.2. The summed E-state index contributed by atoms with van der Waals surface area (Å²) in [6.45, 7) is 3.83. The molecular weight excluding hydrogens is 336 g/mol. The first-order valence-corrected chi connectivity index (χ1v) is 8.48. The predicted molar refractivity (Wildman–Crippen MR) is 93.2 cm³/mol. The summed E-state index contributed by atoms with van der Waals surface area (Å²) < 4.78 is 0. The number of carbonyl (C=O) groups is 4. The fourth-order valence-corrected chi connectivity index (χ4v) is 3.36. The van der Waals surface area contributed by atoms with E-state index in [2.05, 4.69) is 0 Å². The number of hydrogen-bond acceptors (Lipinski definition) is 4. The molecule has 2 N–H and O–H groups in total. The molecule has 1 unspecified atom stereocenters. The first-order chi connectivity index (χ1) is 12.2. The van der Waals surface area contributed by atoms with Gasteiger partial charge in [-0.25, -0.2) is 9.59 Å². The van der Waals surface area contributed by atoms with Crippen LogP contribution < -0.4 is 5.73 Å². The number of benzene rings is 1. The zero-order chi connectivity index (χ0) is 19.1. The molecular formula is C18H22N4O4. The number of urea groups is 2. The van der Waals surface area contributed by atoms with Gasteiger partial charge < -0.3 is 15.5 Å². The second-order valence-corrected chi connectivity index (χ2v) is 7.11. The number of ketones is 1. The van der Waals surface area contributed by atoms with Crippen LogP contribution >= 0.6 is 0 Å². The van der Waals surface area contributed by atoms with Gasteiger partial charge in [0.15, 0.2) is 5.78 Å². The maximum atomic E-state index is 12.8. The van der Waals surface area contributed by atoms with E-state index in [1.165, 1.54) is 9.80 Å². The van der Waals surface area contributed by atoms with Crippen molar-refractivity contribution in [3.63, 3.8) is 0 Å². The third-order valence-electron chi connectivity index (χ3n) is 5.21. The molecule has 5 amide bonds. The molecule has 2 aliphatic rings. The van der Waals surface area contributed by atoms with Gasteiger partial charge in [0, 0.05) is 13.1 Å². The van der Waals surface area contributed by atoms with Crippen LogP contribution in [-0.4, -0.2) is 70.7 Å². The summed E-state index contributed by atoms with van der Waals surface area (Å²) in [4.78, 5) is 53.1. The van der Waals surface area contributed by atoms with E-state index in [-0.39, 0.29) is 32.0 Å². The Balaban J connectivity index is 1.76. The SMILES string of the molecule is CC(C)(C(=O)CN1C(=O)C2CN(C(N)=O)CCN2C1=O)c1ccccc1. The Bertz CT molecular complexity index is 762. The lowest BCUT2D eigenvalue weighted by Crippen LogP contribution is -2.55. The summed E-state index contributed by atoms with van der Waals surface area (Å²) >= 11 is 0. The predicted octanol–water partition coefficient (Wildman–Crippen LogP) is 0.560. The van der Waals surface area contributed by atoms with Crippen LogP contribution in [0.1, 0.15) is 19.4 Å². The number of carbonyl (C=O) groups excluding carboxylic acids is 4. The molecule has 2 saturated heterocycles. The van der Waals surface area contributed by atoms with Crippen LogP contribution in [0.2, 0.25) is 0 Å². The molecule has 2 fully saturated rings. The second kappa shape index (κ2) is 6.44. The van der Waals surface area contributed by atoms with Crippen LogP contribution in [0.3, 0.4) is 0 Å². The molecule has 0 aliphatic carbocycles. The number of nitrogens with zero attached hydrogens (tertiary/aromatic N) is 3. The highest BCUT2D eigenvalue weighted by Crippen LogP contribution is 2.27. The van der Waals surface area contributed by atoms with Gasteiger partial charge in [-0.15, -0.1) is 0 Å². The summed E-state index contributed by atoms with van der Waals surface area (Å²) in [5.41, 5.74) is 5.26. The number of Topliss-reactive ketones (excluding diaryl/α,β-unsaturated/α-hetero) is 1. The molecule has 8 heteroatoms. The van der Waals surface area contributed by atoms with Crippen LogP contribution in [-0.2, 0) is 15.0 Å². The molecule has 1 atom stereocenters. The minimum absolute atomic E-state index is 0.0622. The Morgan fingerprint density at radius 1 is 1.15 bits per heavy atom. The minimum Gasteiger partial charge on any atom is -0.351 e. The molecule has 1 aromatic carbocycles. The van der Waals surface area contributed by atoms with E-state index in [0.29, 0.717) is 0 Å². The van der Waals surface area contributed by atoms with Crippen LogP contribution in [0.4, 0.5) is 9.59 Å². The Hall–Kier alpha value is -2.90. The van der Waals surface area contributed by atoms with E-state index in [1.54, 1.807) is 13.8 Å². The number of piperazine rings is 1. The number of primary amides is 1. The van der Waals surface area contributed by atoms with Gasteiger partial charge in [0.2, 0.25) is 0 Å². The van der Waals surface area contributed by atoms with E-state index in [0.717, 1.165) is 10.5 Å². The molecule has 0 saturated carbocycles. The van der Waals surface area contributed by atoms with Crippen LogP contribution in [0.5, 0.6) is 0 Å². The van der Waals surface area contributed by atoms with E-state index >= 15 is 0 Å². The summed E-state index contributed by atoms with van der Waals surface area (Å²) in [5.74, 6) is -0.685. The Labute approximate surface area is 151 Å². The van der Waals surface area contributed by atoms with Crippen molar-refractivity contribution >= 4 is 23.8 Å². The van der Waals surface area contributed by atoms with Gasteiger partial charge in [-0.1, -0.05) is 30.3 Å². The number of nitrogens with two attached hydrogens (primary N) is 1. The van der Waals surface area contributed by atoms with Gasteiger partial charge >= 0.3 is 12.1 Å². The third kappa shape index (κ3) is 2.91. The summed E-state index contributed by atoms with van der Waals surface area (Å²) in [6.07, 6.45) is 0. The fraction of sp³-hybridized carbons (Fsp3) is 0.444. The minimum atomic E-state index is -0.829. The Morgan fingerprint density at radius 2 is 1.81 bits per heavy atom. The highest BCUT2D eigenvalue weighted by molar-refractivity contribution is 6.08. The standard InChI is InChI=1S/C18H22N4O4/c1-18(2,12-6-4-3-5-7-12)14(23)11-22-15(24)13-10-20(16(19)25)8-9-21(13)17(22)26/h3-7,13H,8-11H2,1-2H3,(H2,19,25). The molecule has 2 aliphatic heterocycles. The van der Waals surface area contributed by atoms with Gasteiger partial charge in [-0.05, 0) is 19.4 Å². The first-order valence-electron chi connectivity index (χ1n) is 8.48. The molecule has 2 heterocycles.